The number of thiocarbonyl (C=S) groups is 1. The number of nitrogens with one attached hydrogen (secondary N) is 1. The van der Waals surface area contributed by atoms with Crippen molar-refractivity contribution in [2.45, 2.75) is 51.1 Å². The van der Waals surface area contributed by atoms with Gasteiger partial charge in [0.15, 0.2) is 0 Å². The molecule has 1 saturated heterocycles. The van der Waals surface area contributed by atoms with Crippen LogP contribution in [0.4, 0.5) is 4.79 Å². The number of carbonyl (C=O) groups excluding carboxylic acids is 2. The van der Waals surface area contributed by atoms with E-state index in [9.17, 15) is 9.59 Å². The van der Waals surface area contributed by atoms with E-state index in [0.29, 0.717) is 10.7 Å². The number of rotatable bonds is 3. The van der Waals surface area contributed by atoms with Gasteiger partial charge < -0.3 is 19.7 Å². The summed E-state index contributed by atoms with van der Waals surface area (Å²) in [6.45, 7) is 9.62. The Morgan fingerprint density at radius 3 is 2.65 bits per heavy atom. The van der Waals surface area contributed by atoms with Crippen LogP contribution in [0.5, 0.6) is 0 Å². The largest absolute Gasteiger partial charge is 0.444 e. The summed E-state index contributed by atoms with van der Waals surface area (Å²) >= 11 is 7.03. The van der Waals surface area contributed by atoms with Crippen LogP contribution in [0.1, 0.15) is 34.6 Å². The van der Waals surface area contributed by atoms with Crippen LogP contribution in [-0.4, -0.2) is 51.1 Å². The van der Waals surface area contributed by atoms with Crippen molar-refractivity contribution in [1.82, 2.24) is 10.2 Å². The van der Waals surface area contributed by atoms with Crippen molar-refractivity contribution in [2.24, 2.45) is 0 Å². The Hall–Kier alpha value is -0.820. The Labute approximate surface area is 129 Å². The third-order valence-corrected chi connectivity index (χ3v) is 4.48. The normalized spacial score (nSPS) is 21.4. The summed E-state index contributed by atoms with van der Waals surface area (Å²) in [6.07, 6.45) is 0.397. The molecule has 0 aromatic carbocycles. The second-order valence-corrected chi connectivity index (χ2v) is 8.17. The first-order chi connectivity index (χ1) is 9.07. The molecule has 0 aromatic heterocycles. The van der Waals surface area contributed by atoms with Crippen molar-refractivity contribution in [3.63, 3.8) is 0 Å². The Kier molecular flexibility index (Phi) is 5.43. The van der Waals surface area contributed by atoms with Gasteiger partial charge in [0.2, 0.25) is 0 Å². The van der Waals surface area contributed by atoms with E-state index in [0.717, 1.165) is 6.29 Å². The predicted molar refractivity (Wildman–Crippen MR) is 85.1 cm³/mol. The monoisotopic (exact) mass is 318 g/mol. The fourth-order valence-electron chi connectivity index (χ4n) is 1.97. The van der Waals surface area contributed by atoms with Crippen LogP contribution in [0.3, 0.4) is 0 Å². The third-order valence-electron chi connectivity index (χ3n) is 2.73. The van der Waals surface area contributed by atoms with E-state index in [2.05, 4.69) is 5.32 Å². The van der Waals surface area contributed by atoms with Gasteiger partial charge in [-0.05, 0) is 34.6 Å². The molecule has 1 rings (SSSR count). The number of aldehydes is 1. The SMILES string of the molecule is CC(C)(C)OC(=O)NCC(=S)N1C(C=O)CSC1(C)C. The van der Waals surface area contributed by atoms with Crippen LogP contribution in [0.25, 0.3) is 0 Å². The molecule has 0 aromatic rings. The van der Waals surface area contributed by atoms with Crippen molar-refractivity contribution in [1.29, 1.82) is 0 Å². The van der Waals surface area contributed by atoms with Crippen molar-refractivity contribution >= 4 is 41.3 Å². The summed E-state index contributed by atoms with van der Waals surface area (Å²) in [6, 6.07) is -0.233. The van der Waals surface area contributed by atoms with E-state index >= 15 is 0 Å². The first-order valence-corrected chi connectivity index (χ1v) is 7.84. The third kappa shape index (κ3) is 4.63. The van der Waals surface area contributed by atoms with Crippen LogP contribution in [0.2, 0.25) is 0 Å². The first kappa shape index (κ1) is 17.2. The molecule has 0 bridgehead atoms. The molecule has 0 aliphatic carbocycles. The Morgan fingerprint density at radius 2 is 2.15 bits per heavy atom. The number of ether oxygens (including phenoxy) is 1. The molecule has 1 amide bonds. The van der Waals surface area contributed by atoms with E-state index in [1.54, 1.807) is 32.5 Å². The quantitative estimate of drug-likeness (QED) is 0.636. The number of thioether (sulfide) groups is 1. The van der Waals surface area contributed by atoms with Crippen molar-refractivity contribution in [2.75, 3.05) is 12.3 Å². The molecule has 1 fully saturated rings. The molecular weight excluding hydrogens is 296 g/mol. The molecule has 1 heterocycles. The summed E-state index contributed by atoms with van der Waals surface area (Å²) in [5.41, 5.74) is -0.542. The second-order valence-electron chi connectivity index (χ2n) is 6.08. The molecule has 5 nitrogen and oxygen atoms in total. The topological polar surface area (TPSA) is 58.6 Å². The fraction of sp³-hybridized carbons (Fsp3) is 0.769. The molecule has 1 atom stereocenters. The minimum absolute atomic E-state index is 0.193. The van der Waals surface area contributed by atoms with E-state index in [-0.39, 0.29) is 17.5 Å². The summed E-state index contributed by atoms with van der Waals surface area (Å²) in [4.78, 5) is 24.9. The smallest absolute Gasteiger partial charge is 0.408 e. The predicted octanol–water partition coefficient (Wildman–Crippen LogP) is 2.19. The van der Waals surface area contributed by atoms with Gasteiger partial charge in [-0.15, -0.1) is 11.8 Å². The van der Waals surface area contributed by atoms with Gasteiger partial charge in [-0.2, -0.15) is 0 Å². The highest BCUT2D eigenvalue weighted by molar-refractivity contribution is 8.01. The van der Waals surface area contributed by atoms with E-state index in [4.69, 9.17) is 17.0 Å². The molecule has 7 heteroatoms. The number of amides is 1. The van der Waals surface area contributed by atoms with Crippen molar-refractivity contribution < 1.29 is 14.3 Å². The van der Waals surface area contributed by atoms with Crippen molar-refractivity contribution in [3.8, 4) is 0 Å². The molecule has 0 radical (unpaired) electrons. The Morgan fingerprint density at radius 1 is 1.55 bits per heavy atom. The Bertz CT molecular complexity index is 405. The molecule has 20 heavy (non-hydrogen) atoms. The van der Waals surface area contributed by atoms with E-state index in [1.807, 2.05) is 18.7 Å². The maximum atomic E-state index is 11.6. The highest BCUT2D eigenvalue weighted by atomic mass is 32.2. The minimum Gasteiger partial charge on any atom is -0.444 e. The lowest BCUT2D eigenvalue weighted by Crippen LogP contribution is -2.50. The van der Waals surface area contributed by atoms with Crippen LogP contribution in [0.15, 0.2) is 0 Å². The molecule has 114 valence electrons. The molecule has 1 N–H and O–H groups in total. The average Bonchev–Trinajstić information content (AvgIpc) is 2.59. The number of hydrogen-bond donors (Lipinski definition) is 1. The lowest BCUT2D eigenvalue weighted by atomic mass is 10.2. The number of hydrogen-bond acceptors (Lipinski definition) is 5. The maximum Gasteiger partial charge on any atom is 0.408 e. The zero-order valence-corrected chi connectivity index (χ0v) is 14.2. The van der Waals surface area contributed by atoms with Crippen LogP contribution < -0.4 is 5.32 Å². The van der Waals surface area contributed by atoms with E-state index < -0.39 is 11.7 Å². The number of carbonyl (C=O) groups is 2. The lowest BCUT2D eigenvalue weighted by Gasteiger charge is -2.35. The molecule has 0 spiro atoms. The minimum atomic E-state index is -0.542. The fourth-order valence-corrected chi connectivity index (χ4v) is 3.65. The molecule has 1 unspecified atom stereocenters. The number of alkyl carbamates (subject to hydrolysis) is 1. The maximum absolute atomic E-state index is 11.6. The van der Waals surface area contributed by atoms with Gasteiger partial charge in [-0.25, -0.2) is 4.79 Å². The zero-order valence-electron chi connectivity index (χ0n) is 12.6. The van der Waals surface area contributed by atoms with Gasteiger partial charge in [0.25, 0.3) is 0 Å². The Balaban J connectivity index is 2.58. The van der Waals surface area contributed by atoms with Crippen LogP contribution in [-0.2, 0) is 9.53 Å². The molecule has 1 aliphatic rings. The van der Waals surface area contributed by atoms with Crippen LogP contribution in [0, 0.1) is 0 Å². The summed E-state index contributed by atoms with van der Waals surface area (Å²) < 4.78 is 5.15. The van der Waals surface area contributed by atoms with Gasteiger partial charge in [0.1, 0.15) is 11.9 Å². The van der Waals surface area contributed by atoms with Gasteiger partial charge in [-0.1, -0.05) is 12.2 Å². The molecule has 0 saturated carbocycles. The summed E-state index contributed by atoms with van der Waals surface area (Å²) in [5, 5.41) is 2.63. The average molecular weight is 318 g/mol. The highest BCUT2D eigenvalue weighted by Gasteiger charge is 2.41. The van der Waals surface area contributed by atoms with Crippen LogP contribution >= 0.6 is 24.0 Å². The van der Waals surface area contributed by atoms with Crippen molar-refractivity contribution in [3.05, 3.63) is 0 Å². The van der Waals surface area contributed by atoms with Gasteiger partial charge in [-0.3, -0.25) is 0 Å². The summed E-state index contributed by atoms with van der Waals surface area (Å²) in [7, 11) is 0. The molecular formula is C13H22N2O3S2. The second kappa shape index (κ2) is 6.30. The van der Waals surface area contributed by atoms with Gasteiger partial charge in [0, 0.05) is 5.75 Å². The molecule has 1 aliphatic heterocycles. The number of nitrogens with zero attached hydrogens (tertiary/aromatic N) is 1. The zero-order chi connectivity index (χ0) is 15.6. The van der Waals surface area contributed by atoms with Gasteiger partial charge >= 0.3 is 6.09 Å². The highest BCUT2D eigenvalue weighted by Crippen LogP contribution is 2.38. The van der Waals surface area contributed by atoms with E-state index in [1.165, 1.54) is 0 Å². The van der Waals surface area contributed by atoms with Gasteiger partial charge in [0.05, 0.1) is 22.4 Å². The summed E-state index contributed by atoms with van der Waals surface area (Å²) in [5.74, 6) is 0.711. The lowest BCUT2D eigenvalue weighted by molar-refractivity contribution is -0.110. The standard InChI is InChI=1S/C13H22N2O3S2/c1-12(2,3)18-11(17)14-6-10(19)15-9(7-16)8-20-13(15,4)5/h7,9H,6,8H2,1-5H3,(H,14,17). The first-order valence-electron chi connectivity index (χ1n) is 6.45.